The molecule has 4 rings (SSSR count). The number of halogens is 4. The van der Waals surface area contributed by atoms with Crippen molar-refractivity contribution in [3.05, 3.63) is 78.9 Å². The predicted octanol–water partition coefficient (Wildman–Crippen LogP) is 7.45. The van der Waals surface area contributed by atoms with Gasteiger partial charge in [-0.3, -0.25) is 0 Å². The van der Waals surface area contributed by atoms with Crippen LogP contribution in [0.2, 0.25) is 0 Å². The van der Waals surface area contributed by atoms with E-state index in [-0.39, 0.29) is 0 Å². The van der Waals surface area contributed by atoms with Crippen molar-refractivity contribution >= 4 is 40.6 Å². The molecule has 0 heterocycles. The van der Waals surface area contributed by atoms with Crippen LogP contribution in [0.5, 0.6) is 5.75 Å². The van der Waals surface area contributed by atoms with Crippen LogP contribution in [0.25, 0.3) is 21.5 Å². The van der Waals surface area contributed by atoms with Crippen molar-refractivity contribution in [2.45, 2.75) is 9.79 Å². The molecule has 0 spiro atoms. The largest absolute Gasteiger partial charge is 0.673 e. The standard InChI is InChI=1S/C21H16OS.BF4/c1-22-18-9-11-19(12-10-18)23-21-8-4-7-17-13-15-5-2-3-6-16(15)14-20(17)21;2-1(3,4)5/h2-14H,1H3;/q;-1. The molecule has 4 aromatic rings. The Morgan fingerprint density at radius 1 is 0.714 bits per heavy atom. The first-order chi connectivity index (χ1) is 13.3. The van der Waals surface area contributed by atoms with Gasteiger partial charge in [0.2, 0.25) is 0 Å². The number of ether oxygens (including phenoxy) is 1. The van der Waals surface area contributed by atoms with Gasteiger partial charge in [-0.1, -0.05) is 48.2 Å². The SMILES string of the molecule is COc1ccc(Sc2cccc3cc4ccccc4cc23)cc1.F[B-](F)(F)F. The molecule has 28 heavy (non-hydrogen) atoms. The molecular formula is C21H16BF4OS-. The van der Waals surface area contributed by atoms with E-state index in [4.69, 9.17) is 4.74 Å². The molecule has 0 aliphatic heterocycles. The van der Waals surface area contributed by atoms with Gasteiger partial charge in [0, 0.05) is 9.79 Å². The zero-order valence-electron chi connectivity index (χ0n) is 14.9. The minimum Gasteiger partial charge on any atom is -0.497 e. The second-order valence-corrected chi connectivity index (χ2v) is 7.06. The molecule has 0 amide bonds. The summed E-state index contributed by atoms with van der Waals surface area (Å²) in [5.41, 5.74) is 0. The van der Waals surface area contributed by atoms with Crippen molar-refractivity contribution in [2.75, 3.05) is 7.11 Å². The zero-order valence-corrected chi connectivity index (χ0v) is 15.7. The Balaban J connectivity index is 0.000000403. The van der Waals surface area contributed by atoms with Crippen molar-refractivity contribution in [1.82, 2.24) is 0 Å². The molecule has 0 saturated heterocycles. The Labute approximate surface area is 164 Å². The topological polar surface area (TPSA) is 9.23 Å². The molecule has 1 nitrogen and oxygen atoms in total. The minimum absolute atomic E-state index is 0.887. The summed E-state index contributed by atoms with van der Waals surface area (Å²) in [5, 5.41) is 5.14. The molecule has 0 saturated carbocycles. The Bertz CT molecular complexity index is 1080. The third-order valence-electron chi connectivity index (χ3n) is 3.99. The Kier molecular flexibility index (Phi) is 6.14. The van der Waals surface area contributed by atoms with E-state index in [0.29, 0.717) is 0 Å². The van der Waals surface area contributed by atoms with E-state index in [1.807, 2.05) is 12.1 Å². The smallest absolute Gasteiger partial charge is 0.497 e. The highest BCUT2D eigenvalue weighted by atomic mass is 32.2. The third-order valence-corrected chi connectivity index (χ3v) is 5.08. The van der Waals surface area contributed by atoms with E-state index >= 15 is 0 Å². The summed E-state index contributed by atoms with van der Waals surface area (Å²) in [4.78, 5) is 2.49. The Hall–Kier alpha value is -2.67. The first-order valence-corrected chi connectivity index (χ1v) is 9.26. The minimum atomic E-state index is -6.00. The van der Waals surface area contributed by atoms with Gasteiger partial charge in [0.25, 0.3) is 0 Å². The Morgan fingerprint density at radius 3 is 1.89 bits per heavy atom. The summed E-state index contributed by atoms with van der Waals surface area (Å²) in [6.45, 7) is 0. The summed E-state index contributed by atoms with van der Waals surface area (Å²) < 4.78 is 44.2. The first kappa shape index (κ1) is 20.1. The van der Waals surface area contributed by atoms with Gasteiger partial charge in [0.05, 0.1) is 7.11 Å². The molecule has 0 bridgehead atoms. The van der Waals surface area contributed by atoms with Gasteiger partial charge in [-0.15, -0.1) is 0 Å². The first-order valence-electron chi connectivity index (χ1n) is 8.44. The average molecular weight is 403 g/mol. The molecule has 0 fully saturated rings. The van der Waals surface area contributed by atoms with Crippen LogP contribution in [0.1, 0.15) is 0 Å². The maximum atomic E-state index is 9.75. The van der Waals surface area contributed by atoms with Crippen LogP contribution in [-0.4, -0.2) is 14.4 Å². The highest BCUT2D eigenvalue weighted by molar-refractivity contribution is 7.99. The van der Waals surface area contributed by atoms with Crippen LogP contribution in [0.15, 0.2) is 88.7 Å². The number of hydrogen-bond donors (Lipinski definition) is 0. The molecule has 144 valence electrons. The van der Waals surface area contributed by atoms with E-state index in [0.717, 1.165) is 5.75 Å². The van der Waals surface area contributed by atoms with Gasteiger partial charge in [0.1, 0.15) is 5.75 Å². The summed E-state index contributed by atoms with van der Waals surface area (Å²) >= 11 is 1.79. The maximum Gasteiger partial charge on any atom is 0.673 e. The monoisotopic (exact) mass is 403 g/mol. The van der Waals surface area contributed by atoms with Crippen LogP contribution in [0, 0.1) is 0 Å². The number of benzene rings is 4. The highest BCUT2D eigenvalue weighted by Crippen LogP contribution is 2.35. The molecule has 0 unspecified atom stereocenters. The third kappa shape index (κ3) is 5.42. The van der Waals surface area contributed by atoms with Crippen molar-refractivity contribution in [3.8, 4) is 5.75 Å². The summed E-state index contributed by atoms with van der Waals surface area (Å²) in [5.74, 6) is 0.887. The zero-order chi connectivity index (χ0) is 20.1. The van der Waals surface area contributed by atoms with E-state index in [1.165, 1.54) is 31.3 Å². The van der Waals surface area contributed by atoms with Crippen molar-refractivity contribution in [2.24, 2.45) is 0 Å². The molecule has 7 heteroatoms. The fourth-order valence-electron chi connectivity index (χ4n) is 2.80. The second kappa shape index (κ2) is 8.56. The molecule has 0 atom stereocenters. The van der Waals surface area contributed by atoms with E-state index < -0.39 is 7.25 Å². The van der Waals surface area contributed by atoms with Gasteiger partial charge in [0.15, 0.2) is 0 Å². The lowest BCUT2D eigenvalue weighted by Gasteiger charge is -2.09. The quantitative estimate of drug-likeness (QED) is 0.200. The van der Waals surface area contributed by atoms with Crippen LogP contribution in [0.4, 0.5) is 17.3 Å². The van der Waals surface area contributed by atoms with Crippen LogP contribution < -0.4 is 4.74 Å². The predicted molar refractivity (Wildman–Crippen MR) is 109 cm³/mol. The molecular weight excluding hydrogens is 387 g/mol. The van der Waals surface area contributed by atoms with Crippen LogP contribution in [0.3, 0.4) is 0 Å². The van der Waals surface area contributed by atoms with E-state index in [9.17, 15) is 17.3 Å². The second-order valence-electron chi connectivity index (χ2n) is 5.95. The van der Waals surface area contributed by atoms with Gasteiger partial charge in [-0.05, 0) is 64.0 Å². The molecule has 4 aromatic carbocycles. The lowest BCUT2D eigenvalue weighted by molar-refractivity contribution is 0.368. The lowest BCUT2D eigenvalue weighted by atomic mass is 10.0. The van der Waals surface area contributed by atoms with Gasteiger partial charge < -0.3 is 22.0 Å². The van der Waals surface area contributed by atoms with Crippen LogP contribution >= 0.6 is 11.8 Å². The lowest BCUT2D eigenvalue weighted by Crippen LogP contribution is -2.02. The number of rotatable bonds is 3. The highest BCUT2D eigenvalue weighted by Gasteiger charge is 2.20. The molecule has 0 N–H and O–H groups in total. The number of hydrogen-bond acceptors (Lipinski definition) is 2. The molecule has 0 aliphatic carbocycles. The molecule has 0 aromatic heterocycles. The fraction of sp³-hybridized carbons (Fsp3) is 0.0476. The van der Waals surface area contributed by atoms with Gasteiger partial charge >= 0.3 is 7.25 Å². The molecule has 0 radical (unpaired) electrons. The fourth-order valence-corrected chi connectivity index (χ4v) is 3.76. The average Bonchev–Trinajstić information content (AvgIpc) is 2.66. The molecule has 0 aliphatic rings. The summed E-state index contributed by atoms with van der Waals surface area (Å²) in [6.07, 6.45) is 0. The normalized spacial score (nSPS) is 11.2. The maximum absolute atomic E-state index is 9.75. The summed E-state index contributed by atoms with van der Waals surface area (Å²) in [6, 6.07) is 27.8. The van der Waals surface area contributed by atoms with Crippen LogP contribution in [-0.2, 0) is 0 Å². The van der Waals surface area contributed by atoms with Crippen molar-refractivity contribution < 1.29 is 22.0 Å². The van der Waals surface area contributed by atoms with E-state index in [2.05, 4.69) is 66.7 Å². The van der Waals surface area contributed by atoms with Crippen molar-refractivity contribution in [3.63, 3.8) is 0 Å². The number of methoxy groups -OCH3 is 1. The Morgan fingerprint density at radius 2 is 1.29 bits per heavy atom. The van der Waals surface area contributed by atoms with Gasteiger partial charge in [-0.2, -0.15) is 0 Å². The number of fused-ring (bicyclic) bond motifs is 2. The summed E-state index contributed by atoms with van der Waals surface area (Å²) in [7, 11) is -4.31. The van der Waals surface area contributed by atoms with Crippen molar-refractivity contribution in [1.29, 1.82) is 0 Å². The van der Waals surface area contributed by atoms with E-state index in [1.54, 1.807) is 18.9 Å². The van der Waals surface area contributed by atoms with Gasteiger partial charge in [-0.25, -0.2) is 0 Å².